The van der Waals surface area contributed by atoms with Crippen molar-refractivity contribution in [1.29, 1.82) is 0 Å². The highest BCUT2D eigenvalue weighted by molar-refractivity contribution is 5.87. The first-order valence-electron chi connectivity index (χ1n) is 5.09. The average Bonchev–Trinajstić information content (AvgIpc) is 2.82. The summed E-state index contributed by atoms with van der Waals surface area (Å²) in [5.41, 5.74) is 1.49. The lowest BCUT2D eigenvalue weighted by Gasteiger charge is -2.10. The highest BCUT2D eigenvalue weighted by Gasteiger charge is 2.17. The molecule has 1 aromatic heterocycles. The maximum atomic E-state index is 11.3. The molecule has 1 atom stereocenters. The fourth-order valence-electron chi connectivity index (χ4n) is 1.85. The van der Waals surface area contributed by atoms with Crippen molar-refractivity contribution in [2.24, 2.45) is 0 Å². The van der Waals surface area contributed by atoms with E-state index in [-0.39, 0.29) is 5.97 Å². The summed E-state index contributed by atoms with van der Waals surface area (Å²) in [5, 5.41) is 3.38. The average molecular weight is 206 g/mol. The Morgan fingerprint density at radius 1 is 1.67 bits per heavy atom. The van der Waals surface area contributed by atoms with Crippen LogP contribution in [-0.2, 0) is 4.74 Å². The highest BCUT2D eigenvalue weighted by atomic mass is 16.5. The van der Waals surface area contributed by atoms with E-state index in [1.807, 2.05) is 6.07 Å². The Hall–Kier alpha value is -1.42. The van der Waals surface area contributed by atoms with E-state index >= 15 is 0 Å². The van der Waals surface area contributed by atoms with Gasteiger partial charge in [-0.3, -0.25) is 0 Å². The first-order chi connectivity index (χ1) is 7.31. The first-order valence-corrected chi connectivity index (χ1v) is 5.09. The van der Waals surface area contributed by atoms with Crippen molar-refractivity contribution in [2.75, 3.05) is 13.7 Å². The molecule has 80 valence electrons. The largest absolute Gasteiger partial charge is 0.464 e. The van der Waals surface area contributed by atoms with E-state index in [1.54, 1.807) is 12.3 Å². The molecule has 1 fully saturated rings. The Labute approximate surface area is 88.7 Å². The predicted octanol–water partition coefficient (Wildman–Crippen LogP) is 1.29. The standard InChI is InChI=1S/C11H14N2O2/c1-15-11(14)10-7-8(4-6-13-10)9-3-2-5-12-9/h4,6-7,9,12H,2-3,5H2,1H3/t9-/m1/s1. The number of carbonyl (C=O) groups excluding carboxylic acids is 1. The number of pyridine rings is 1. The molecule has 1 saturated heterocycles. The van der Waals surface area contributed by atoms with E-state index < -0.39 is 0 Å². The number of ether oxygens (including phenoxy) is 1. The van der Waals surface area contributed by atoms with Crippen LogP contribution in [0.2, 0.25) is 0 Å². The zero-order chi connectivity index (χ0) is 10.7. The molecule has 0 aliphatic carbocycles. The molecule has 15 heavy (non-hydrogen) atoms. The van der Waals surface area contributed by atoms with Crippen LogP contribution < -0.4 is 5.32 Å². The van der Waals surface area contributed by atoms with Crippen LogP contribution in [-0.4, -0.2) is 24.6 Å². The van der Waals surface area contributed by atoms with Gasteiger partial charge < -0.3 is 10.1 Å². The number of methoxy groups -OCH3 is 1. The molecule has 0 unspecified atom stereocenters. The second kappa shape index (κ2) is 4.40. The van der Waals surface area contributed by atoms with E-state index in [0.29, 0.717) is 11.7 Å². The third-order valence-corrected chi connectivity index (χ3v) is 2.64. The molecule has 4 nitrogen and oxygen atoms in total. The van der Waals surface area contributed by atoms with Gasteiger partial charge in [0.25, 0.3) is 0 Å². The number of carbonyl (C=O) groups is 1. The van der Waals surface area contributed by atoms with Gasteiger partial charge in [0.05, 0.1) is 7.11 Å². The van der Waals surface area contributed by atoms with Crippen molar-refractivity contribution in [3.8, 4) is 0 Å². The topological polar surface area (TPSA) is 51.2 Å². The lowest BCUT2D eigenvalue weighted by molar-refractivity contribution is 0.0594. The van der Waals surface area contributed by atoms with E-state index in [4.69, 9.17) is 0 Å². The summed E-state index contributed by atoms with van der Waals surface area (Å²) in [6, 6.07) is 4.10. The number of nitrogens with zero attached hydrogens (tertiary/aromatic N) is 1. The number of rotatable bonds is 2. The second-order valence-electron chi connectivity index (χ2n) is 3.61. The Balaban J connectivity index is 2.21. The van der Waals surface area contributed by atoms with E-state index in [2.05, 4.69) is 15.0 Å². The molecule has 2 heterocycles. The third kappa shape index (κ3) is 2.15. The van der Waals surface area contributed by atoms with E-state index in [1.165, 1.54) is 13.5 Å². The molecule has 0 aromatic carbocycles. The van der Waals surface area contributed by atoms with Gasteiger partial charge in [-0.1, -0.05) is 0 Å². The Morgan fingerprint density at radius 2 is 2.53 bits per heavy atom. The summed E-state index contributed by atoms with van der Waals surface area (Å²) in [5.74, 6) is -0.380. The summed E-state index contributed by atoms with van der Waals surface area (Å²) in [7, 11) is 1.37. The van der Waals surface area contributed by atoms with Gasteiger partial charge in [0, 0.05) is 12.2 Å². The monoisotopic (exact) mass is 206 g/mol. The molecule has 2 rings (SSSR count). The summed E-state index contributed by atoms with van der Waals surface area (Å²) in [6.07, 6.45) is 3.95. The van der Waals surface area contributed by atoms with Crippen LogP contribution in [0.4, 0.5) is 0 Å². The Bertz CT molecular complexity index is 359. The van der Waals surface area contributed by atoms with E-state index in [0.717, 1.165) is 18.5 Å². The lowest BCUT2D eigenvalue weighted by Crippen LogP contribution is -2.14. The molecule has 0 radical (unpaired) electrons. The molecular weight excluding hydrogens is 192 g/mol. The van der Waals surface area contributed by atoms with Crippen LogP contribution in [0.5, 0.6) is 0 Å². The van der Waals surface area contributed by atoms with Crippen LogP contribution >= 0.6 is 0 Å². The molecule has 0 saturated carbocycles. The zero-order valence-electron chi connectivity index (χ0n) is 8.69. The SMILES string of the molecule is COC(=O)c1cc([C@H]2CCCN2)ccn1. The van der Waals surface area contributed by atoms with Crippen molar-refractivity contribution in [3.63, 3.8) is 0 Å². The number of aromatic nitrogens is 1. The summed E-state index contributed by atoms with van der Waals surface area (Å²) in [6.45, 7) is 1.04. The fraction of sp³-hybridized carbons (Fsp3) is 0.455. The van der Waals surface area contributed by atoms with Crippen LogP contribution in [0.1, 0.15) is 34.9 Å². The summed E-state index contributed by atoms with van der Waals surface area (Å²) >= 11 is 0. The highest BCUT2D eigenvalue weighted by Crippen LogP contribution is 2.22. The maximum Gasteiger partial charge on any atom is 0.356 e. The number of hydrogen-bond donors (Lipinski definition) is 1. The van der Waals surface area contributed by atoms with Crippen LogP contribution in [0.3, 0.4) is 0 Å². The van der Waals surface area contributed by atoms with Crippen molar-refractivity contribution in [1.82, 2.24) is 10.3 Å². The van der Waals surface area contributed by atoms with Crippen molar-refractivity contribution < 1.29 is 9.53 Å². The van der Waals surface area contributed by atoms with Crippen molar-refractivity contribution >= 4 is 5.97 Å². The van der Waals surface area contributed by atoms with Gasteiger partial charge in [-0.05, 0) is 37.1 Å². The smallest absolute Gasteiger partial charge is 0.356 e. The van der Waals surface area contributed by atoms with Crippen molar-refractivity contribution in [2.45, 2.75) is 18.9 Å². The van der Waals surface area contributed by atoms with Crippen LogP contribution in [0.15, 0.2) is 18.3 Å². The van der Waals surface area contributed by atoms with Gasteiger partial charge in [0.1, 0.15) is 5.69 Å². The Morgan fingerprint density at radius 3 is 3.20 bits per heavy atom. The Kier molecular flexibility index (Phi) is 2.97. The van der Waals surface area contributed by atoms with Crippen LogP contribution in [0.25, 0.3) is 0 Å². The number of hydrogen-bond acceptors (Lipinski definition) is 4. The fourth-order valence-corrected chi connectivity index (χ4v) is 1.85. The minimum Gasteiger partial charge on any atom is -0.464 e. The molecule has 1 N–H and O–H groups in total. The van der Waals surface area contributed by atoms with E-state index in [9.17, 15) is 4.79 Å². The summed E-state index contributed by atoms with van der Waals surface area (Å²) in [4.78, 5) is 15.3. The minimum atomic E-state index is -0.380. The van der Waals surface area contributed by atoms with Gasteiger partial charge in [-0.15, -0.1) is 0 Å². The normalized spacial score (nSPS) is 20.2. The third-order valence-electron chi connectivity index (χ3n) is 2.64. The molecular formula is C11H14N2O2. The quantitative estimate of drug-likeness (QED) is 0.741. The van der Waals surface area contributed by atoms with Gasteiger partial charge in [-0.2, -0.15) is 0 Å². The van der Waals surface area contributed by atoms with Crippen molar-refractivity contribution in [3.05, 3.63) is 29.6 Å². The summed E-state index contributed by atoms with van der Waals surface area (Å²) < 4.78 is 4.63. The number of esters is 1. The number of nitrogens with one attached hydrogen (secondary N) is 1. The van der Waals surface area contributed by atoms with Crippen LogP contribution in [0, 0.1) is 0 Å². The molecule has 0 spiro atoms. The van der Waals surface area contributed by atoms with Gasteiger partial charge >= 0.3 is 5.97 Å². The van der Waals surface area contributed by atoms with Gasteiger partial charge in [-0.25, -0.2) is 9.78 Å². The minimum absolute atomic E-state index is 0.358. The van der Waals surface area contributed by atoms with Gasteiger partial charge in [0.2, 0.25) is 0 Å². The lowest BCUT2D eigenvalue weighted by atomic mass is 10.1. The molecule has 1 aliphatic rings. The van der Waals surface area contributed by atoms with Gasteiger partial charge in [0.15, 0.2) is 0 Å². The maximum absolute atomic E-state index is 11.3. The molecule has 1 aromatic rings. The second-order valence-corrected chi connectivity index (χ2v) is 3.61. The molecule has 0 bridgehead atoms. The molecule has 0 amide bonds. The molecule has 4 heteroatoms. The predicted molar refractivity (Wildman–Crippen MR) is 55.6 cm³/mol. The molecule has 1 aliphatic heterocycles. The zero-order valence-corrected chi connectivity index (χ0v) is 8.69. The first kappa shape index (κ1) is 10.1.